The molecule has 0 heterocycles. The van der Waals surface area contributed by atoms with Crippen molar-refractivity contribution in [2.24, 2.45) is 5.10 Å². The Morgan fingerprint density at radius 2 is 1.58 bits per heavy atom. The second-order valence-electron chi connectivity index (χ2n) is 6.54. The van der Waals surface area contributed by atoms with Crippen LogP contribution in [0.15, 0.2) is 58.5 Å². The third kappa shape index (κ3) is 6.07. The molecule has 0 aliphatic rings. The Morgan fingerprint density at radius 1 is 1.00 bits per heavy atom. The van der Waals surface area contributed by atoms with Gasteiger partial charge in [-0.3, -0.25) is 0 Å². The van der Waals surface area contributed by atoms with Gasteiger partial charge in [-0.1, -0.05) is 0 Å². The van der Waals surface area contributed by atoms with E-state index in [-0.39, 0.29) is 10.5 Å². The van der Waals surface area contributed by atoms with E-state index >= 15 is 0 Å². The van der Waals surface area contributed by atoms with Gasteiger partial charge in [0, 0.05) is 0 Å². The first-order valence-electron chi connectivity index (χ1n) is 8.26. The molecular weight excluding hydrogens is 352 g/mol. The quantitative estimate of drug-likeness (QED) is 0.592. The van der Waals surface area contributed by atoms with E-state index in [1.54, 1.807) is 24.3 Å². The van der Waals surface area contributed by atoms with Crippen molar-refractivity contribution < 1.29 is 17.9 Å². The monoisotopic (exact) mass is 376 g/mol. The molecular formula is C19H24N2O4S. The van der Waals surface area contributed by atoms with Gasteiger partial charge in [0.25, 0.3) is 10.0 Å². The molecule has 0 amide bonds. The van der Waals surface area contributed by atoms with Gasteiger partial charge < -0.3 is 9.47 Å². The lowest BCUT2D eigenvalue weighted by molar-refractivity contribution is 0.131. The third-order valence-electron chi connectivity index (χ3n) is 3.14. The number of hydrogen-bond donors (Lipinski definition) is 1. The summed E-state index contributed by atoms with van der Waals surface area (Å²) < 4.78 is 35.5. The molecule has 0 unspecified atom stereocenters. The number of nitrogens with one attached hydrogen (secondary N) is 1. The van der Waals surface area contributed by atoms with Crippen LogP contribution in [0, 0.1) is 0 Å². The molecule has 0 fully saturated rings. The van der Waals surface area contributed by atoms with Gasteiger partial charge in [-0.25, -0.2) is 4.83 Å². The Hall–Kier alpha value is -2.54. The Balaban J connectivity index is 2.00. The molecule has 6 nitrogen and oxygen atoms in total. The molecule has 2 aromatic rings. The van der Waals surface area contributed by atoms with E-state index in [0.717, 1.165) is 11.3 Å². The molecule has 0 atom stereocenters. The fourth-order valence-corrected chi connectivity index (χ4v) is 2.87. The van der Waals surface area contributed by atoms with Crippen LogP contribution in [0.2, 0.25) is 0 Å². The van der Waals surface area contributed by atoms with Gasteiger partial charge in [-0.05, 0) is 81.8 Å². The van der Waals surface area contributed by atoms with Crippen LogP contribution in [0.25, 0.3) is 0 Å². The van der Waals surface area contributed by atoms with Crippen LogP contribution in [0.5, 0.6) is 11.5 Å². The number of benzene rings is 2. The molecule has 0 aliphatic heterocycles. The number of rotatable bonds is 7. The van der Waals surface area contributed by atoms with E-state index in [2.05, 4.69) is 9.93 Å². The zero-order chi connectivity index (χ0) is 19.2. The van der Waals surface area contributed by atoms with E-state index in [4.69, 9.17) is 9.47 Å². The molecule has 0 radical (unpaired) electrons. The lowest BCUT2D eigenvalue weighted by Gasteiger charge is -2.21. The predicted molar refractivity (Wildman–Crippen MR) is 102 cm³/mol. The SMILES string of the molecule is CCOc1ccc(S(=O)(=O)N/N=C/c2ccc(OC(C)(C)C)cc2)cc1. The summed E-state index contributed by atoms with van der Waals surface area (Å²) >= 11 is 0. The second kappa shape index (κ2) is 8.23. The van der Waals surface area contributed by atoms with Crippen molar-refractivity contribution in [1.82, 2.24) is 4.83 Å². The molecule has 2 aromatic carbocycles. The van der Waals surface area contributed by atoms with Crippen molar-refractivity contribution in [2.75, 3.05) is 6.61 Å². The molecule has 0 saturated heterocycles. The van der Waals surface area contributed by atoms with Crippen molar-refractivity contribution in [1.29, 1.82) is 0 Å². The molecule has 0 aliphatic carbocycles. The smallest absolute Gasteiger partial charge is 0.276 e. The fraction of sp³-hybridized carbons (Fsp3) is 0.316. The van der Waals surface area contributed by atoms with Crippen molar-refractivity contribution in [3.8, 4) is 11.5 Å². The summed E-state index contributed by atoms with van der Waals surface area (Å²) in [5.41, 5.74) is 0.476. The van der Waals surface area contributed by atoms with Gasteiger partial charge in [0.1, 0.15) is 17.1 Å². The zero-order valence-electron chi connectivity index (χ0n) is 15.4. The first kappa shape index (κ1) is 19.8. The summed E-state index contributed by atoms with van der Waals surface area (Å²) in [5, 5.41) is 3.82. The predicted octanol–water partition coefficient (Wildman–Crippen LogP) is 3.58. The highest BCUT2D eigenvalue weighted by molar-refractivity contribution is 7.89. The second-order valence-corrected chi connectivity index (χ2v) is 8.20. The van der Waals surface area contributed by atoms with E-state index < -0.39 is 10.0 Å². The topological polar surface area (TPSA) is 77.0 Å². The Kier molecular flexibility index (Phi) is 6.26. The van der Waals surface area contributed by atoms with Crippen LogP contribution < -0.4 is 14.3 Å². The van der Waals surface area contributed by atoms with E-state index in [9.17, 15) is 8.42 Å². The number of nitrogens with zero attached hydrogens (tertiary/aromatic N) is 1. The molecule has 7 heteroatoms. The van der Waals surface area contributed by atoms with Gasteiger partial charge in [-0.2, -0.15) is 13.5 Å². The normalized spacial score (nSPS) is 12.2. The largest absolute Gasteiger partial charge is 0.494 e. The Morgan fingerprint density at radius 3 is 2.12 bits per heavy atom. The van der Waals surface area contributed by atoms with Gasteiger partial charge in [-0.15, -0.1) is 0 Å². The number of hydrazone groups is 1. The molecule has 0 saturated carbocycles. The van der Waals surface area contributed by atoms with Crippen molar-refractivity contribution >= 4 is 16.2 Å². The van der Waals surface area contributed by atoms with Gasteiger partial charge in [0.15, 0.2) is 0 Å². The Bertz CT molecular complexity index is 837. The van der Waals surface area contributed by atoms with E-state index in [0.29, 0.717) is 12.4 Å². The van der Waals surface area contributed by atoms with Crippen LogP contribution >= 0.6 is 0 Å². The van der Waals surface area contributed by atoms with Crippen LogP contribution in [-0.4, -0.2) is 26.8 Å². The maximum atomic E-state index is 12.2. The number of sulfonamides is 1. The molecule has 1 N–H and O–H groups in total. The summed E-state index contributed by atoms with van der Waals surface area (Å²) in [7, 11) is -3.72. The van der Waals surface area contributed by atoms with Gasteiger partial charge >= 0.3 is 0 Å². The maximum Gasteiger partial charge on any atom is 0.276 e. The van der Waals surface area contributed by atoms with Gasteiger partial charge in [0.2, 0.25) is 0 Å². The standard InChI is InChI=1S/C19H24N2O4S/c1-5-24-16-10-12-18(13-11-16)26(22,23)21-20-14-15-6-8-17(9-7-15)25-19(2,3)4/h6-14,21H,5H2,1-4H3/b20-14+. The Labute approximate surface area is 154 Å². The zero-order valence-corrected chi connectivity index (χ0v) is 16.2. The average Bonchev–Trinajstić information content (AvgIpc) is 2.56. The van der Waals surface area contributed by atoms with Crippen molar-refractivity contribution in [2.45, 2.75) is 38.2 Å². The summed E-state index contributed by atoms with van der Waals surface area (Å²) in [6, 6.07) is 13.4. The molecule has 0 spiro atoms. The highest BCUT2D eigenvalue weighted by Crippen LogP contribution is 2.18. The number of hydrogen-bond acceptors (Lipinski definition) is 5. The summed E-state index contributed by atoms with van der Waals surface area (Å²) in [6.45, 7) is 8.30. The minimum atomic E-state index is -3.72. The number of ether oxygens (including phenoxy) is 2. The first-order valence-corrected chi connectivity index (χ1v) is 9.75. The molecule has 26 heavy (non-hydrogen) atoms. The van der Waals surface area contributed by atoms with Crippen LogP contribution in [0.4, 0.5) is 0 Å². The van der Waals surface area contributed by atoms with Crippen LogP contribution in [-0.2, 0) is 10.0 Å². The van der Waals surface area contributed by atoms with Crippen molar-refractivity contribution in [3.63, 3.8) is 0 Å². The van der Waals surface area contributed by atoms with Crippen LogP contribution in [0.3, 0.4) is 0 Å². The lowest BCUT2D eigenvalue weighted by atomic mass is 10.2. The average molecular weight is 376 g/mol. The van der Waals surface area contributed by atoms with E-state index in [1.807, 2.05) is 39.8 Å². The maximum absolute atomic E-state index is 12.2. The fourth-order valence-electron chi connectivity index (χ4n) is 2.08. The first-order chi connectivity index (χ1) is 12.2. The molecule has 0 aromatic heterocycles. The summed E-state index contributed by atoms with van der Waals surface area (Å²) in [4.78, 5) is 2.32. The minimum absolute atomic E-state index is 0.118. The molecule has 2 rings (SSSR count). The van der Waals surface area contributed by atoms with E-state index in [1.165, 1.54) is 18.3 Å². The third-order valence-corrected chi connectivity index (χ3v) is 4.37. The van der Waals surface area contributed by atoms with Crippen LogP contribution in [0.1, 0.15) is 33.3 Å². The summed E-state index contributed by atoms with van der Waals surface area (Å²) in [6.07, 6.45) is 1.44. The van der Waals surface area contributed by atoms with Crippen molar-refractivity contribution in [3.05, 3.63) is 54.1 Å². The van der Waals surface area contributed by atoms with Gasteiger partial charge in [0.05, 0.1) is 17.7 Å². The minimum Gasteiger partial charge on any atom is -0.494 e. The highest BCUT2D eigenvalue weighted by atomic mass is 32.2. The lowest BCUT2D eigenvalue weighted by Crippen LogP contribution is -2.22. The molecule has 140 valence electrons. The summed E-state index contributed by atoms with van der Waals surface area (Å²) in [5.74, 6) is 1.36. The highest BCUT2D eigenvalue weighted by Gasteiger charge is 2.13. The molecule has 0 bridgehead atoms.